The van der Waals surface area contributed by atoms with Gasteiger partial charge in [-0.1, -0.05) is 19.1 Å². The van der Waals surface area contributed by atoms with E-state index in [1.807, 2.05) is 12.3 Å². The minimum absolute atomic E-state index is 0.179. The molecule has 2 N–H and O–H groups in total. The summed E-state index contributed by atoms with van der Waals surface area (Å²) in [5.74, 6) is -1.16. The Morgan fingerprint density at radius 1 is 1.47 bits per heavy atom. The average Bonchev–Trinajstić information content (AvgIpc) is 2.70. The highest BCUT2D eigenvalue weighted by Gasteiger charge is 2.17. The van der Waals surface area contributed by atoms with Crippen molar-refractivity contribution < 1.29 is 15.0 Å². The average molecular weight is 260 g/mol. The zero-order valence-corrected chi connectivity index (χ0v) is 10.9. The summed E-state index contributed by atoms with van der Waals surface area (Å²) in [4.78, 5) is 10.9. The van der Waals surface area contributed by atoms with Gasteiger partial charge < -0.3 is 10.2 Å². The molecular formula is C14H16N2O3. The van der Waals surface area contributed by atoms with Gasteiger partial charge in [-0.2, -0.15) is 5.10 Å². The molecule has 1 aromatic heterocycles. The molecule has 0 saturated heterocycles. The van der Waals surface area contributed by atoms with E-state index in [2.05, 4.69) is 5.10 Å². The van der Waals surface area contributed by atoms with Crippen LogP contribution in [0, 0.1) is 5.92 Å². The van der Waals surface area contributed by atoms with Crippen LogP contribution in [-0.4, -0.2) is 26.0 Å². The van der Waals surface area contributed by atoms with Gasteiger partial charge in [-0.3, -0.25) is 9.48 Å². The molecule has 1 atom stereocenters. The fourth-order valence-corrected chi connectivity index (χ4v) is 1.98. The van der Waals surface area contributed by atoms with Crippen LogP contribution in [0.15, 0.2) is 30.5 Å². The molecule has 0 fully saturated rings. The topological polar surface area (TPSA) is 75.3 Å². The van der Waals surface area contributed by atoms with Gasteiger partial charge in [0, 0.05) is 25.2 Å². The number of carboxylic acids is 1. The van der Waals surface area contributed by atoms with E-state index < -0.39 is 11.9 Å². The molecule has 1 heterocycles. The number of aromatic hydroxyl groups is 1. The fourth-order valence-electron chi connectivity index (χ4n) is 1.98. The second-order valence-corrected chi connectivity index (χ2v) is 4.66. The predicted octanol–water partition coefficient (Wildman–Crippen LogP) is 2.06. The maximum atomic E-state index is 10.9. The molecule has 0 bridgehead atoms. The standard InChI is InChI=1S/C14H16N2O3/c1-9(14(18)19)6-13-12(8-16(2)15-13)10-4-3-5-11(17)7-10/h3-5,7-9,17H,6H2,1-2H3,(H,18,19). The Morgan fingerprint density at radius 3 is 2.84 bits per heavy atom. The molecular weight excluding hydrogens is 244 g/mol. The summed E-state index contributed by atoms with van der Waals surface area (Å²) in [6, 6.07) is 6.86. The van der Waals surface area contributed by atoms with Gasteiger partial charge in [-0.15, -0.1) is 0 Å². The number of aliphatic carboxylic acids is 1. The summed E-state index contributed by atoms with van der Waals surface area (Å²) in [6.45, 7) is 1.66. The highest BCUT2D eigenvalue weighted by molar-refractivity contribution is 5.71. The van der Waals surface area contributed by atoms with Gasteiger partial charge in [-0.05, 0) is 17.7 Å². The Morgan fingerprint density at radius 2 is 2.21 bits per heavy atom. The molecule has 0 saturated carbocycles. The number of rotatable bonds is 4. The number of hydrogen-bond donors (Lipinski definition) is 2. The van der Waals surface area contributed by atoms with Gasteiger partial charge >= 0.3 is 5.97 Å². The molecule has 0 aliphatic rings. The Bertz CT molecular complexity index is 604. The maximum Gasteiger partial charge on any atom is 0.306 e. The first-order valence-corrected chi connectivity index (χ1v) is 6.02. The Labute approximate surface area is 111 Å². The van der Waals surface area contributed by atoms with E-state index >= 15 is 0 Å². The second-order valence-electron chi connectivity index (χ2n) is 4.66. The number of nitrogens with zero attached hydrogens (tertiary/aromatic N) is 2. The SMILES string of the molecule is CC(Cc1nn(C)cc1-c1cccc(O)c1)C(=O)O. The Balaban J connectivity index is 2.38. The van der Waals surface area contributed by atoms with Crippen molar-refractivity contribution in [2.24, 2.45) is 13.0 Å². The highest BCUT2D eigenvalue weighted by Crippen LogP contribution is 2.27. The zero-order chi connectivity index (χ0) is 14.0. The van der Waals surface area contributed by atoms with E-state index in [4.69, 9.17) is 5.11 Å². The summed E-state index contributed by atoms with van der Waals surface area (Å²) in [6.07, 6.45) is 2.19. The first-order chi connectivity index (χ1) is 8.97. The van der Waals surface area contributed by atoms with Gasteiger partial charge in [0.25, 0.3) is 0 Å². The minimum atomic E-state index is -0.840. The summed E-state index contributed by atoms with van der Waals surface area (Å²) in [5, 5.41) is 22.8. The van der Waals surface area contributed by atoms with Gasteiger partial charge in [-0.25, -0.2) is 0 Å². The van der Waals surface area contributed by atoms with Crippen molar-refractivity contribution in [3.8, 4) is 16.9 Å². The third-order valence-electron chi connectivity index (χ3n) is 2.98. The van der Waals surface area contributed by atoms with Gasteiger partial charge in [0.15, 0.2) is 0 Å². The molecule has 0 amide bonds. The molecule has 5 nitrogen and oxygen atoms in total. The van der Waals surface area contributed by atoms with Gasteiger partial charge in [0.2, 0.25) is 0 Å². The summed E-state index contributed by atoms with van der Waals surface area (Å²) >= 11 is 0. The van der Waals surface area contributed by atoms with Crippen LogP contribution in [0.1, 0.15) is 12.6 Å². The van der Waals surface area contributed by atoms with Crippen LogP contribution in [0.3, 0.4) is 0 Å². The van der Waals surface area contributed by atoms with E-state index in [0.717, 1.165) is 16.8 Å². The smallest absolute Gasteiger partial charge is 0.306 e. The lowest BCUT2D eigenvalue weighted by molar-refractivity contribution is -0.141. The van der Waals surface area contributed by atoms with Crippen LogP contribution in [0.5, 0.6) is 5.75 Å². The number of carboxylic acid groups (broad SMARTS) is 1. The molecule has 100 valence electrons. The van der Waals surface area contributed by atoms with Crippen LogP contribution >= 0.6 is 0 Å². The summed E-state index contributed by atoms with van der Waals surface area (Å²) < 4.78 is 1.66. The van der Waals surface area contributed by atoms with Crippen molar-refractivity contribution in [3.63, 3.8) is 0 Å². The van der Waals surface area contributed by atoms with Gasteiger partial charge in [0.1, 0.15) is 5.75 Å². The third kappa shape index (κ3) is 2.93. The first kappa shape index (κ1) is 13.1. The van der Waals surface area contributed by atoms with E-state index in [0.29, 0.717) is 6.42 Å². The van der Waals surface area contributed by atoms with Crippen molar-refractivity contribution in [2.75, 3.05) is 0 Å². The zero-order valence-electron chi connectivity index (χ0n) is 10.9. The van der Waals surface area contributed by atoms with Crippen molar-refractivity contribution in [2.45, 2.75) is 13.3 Å². The first-order valence-electron chi connectivity index (χ1n) is 6.02. The molecule has 0 aliphatic heterocycles. The van der Waals surface area contributed by atoms with E-state index in [1.54, 1.807) is 36.9 Å². The molecule has 1 aromatic carbocycles. The van der Waals surface area contributed by atoms with E-state index in [-0.39, 0.29) is 5.75 Å². The quantitative estimate of drug-likeness (QED) is 0.882. The Kier molecular flexibility index (Phi) is 3.55. The highest BCUT2D eigenvalue weighted by atomic mass is 16.4. The number of aryl methyl sites for hydroxylation is 1. The van der Waals surface area contributed by atoms with Gasteiger partial charge in [0.05, 0.1) is 11.6 Å². The van der Waals surface area contributed by atoms with Crippen molar-refractivity contribution in [1.82, 2.24) is 9.78 Å². The minimum Gasteiger partial charge on any atom is -0.508 e. The predicted molar refractivity (Wildman–Crippen MR) is 70.8 cm³/mol. The van der Waals surface area contributed by atoms with Crippen LogP contribution in [0.25, 0.3) is 11.1 Å². The van der Waals surface area contributed by atoms with Crippen molar-refractivity contribution in [1.29, 1.82) is 0 Å². The molecule has 2 aromatic rings. The second kappa shape index (κ2) is 5.14. The van der Waals surface area contributed by atoms with E-state index in [9.17, 15) is 9.90 Å². The molecule has 1 unspecified atom stereocenters. The molecule has 5 heteroatoms. The molecule has 2 rings (SSSR count). The van der Waals surface area contributed by atoms with Crippen LogP contribution < -0.4 is 0 Å². The number of aromatic nitrogens is 2. The normalized spacial score (nSPS) is 12.3. The number of phenols is 1. The summed E-state index contributed by atoms with van der Waals surface area (Å²) in [7, 11) is 1.79. The lowest BCUT2D eigenvalue weighted by atomic mass is 9.99. The lowest BCUT2D eigenvalue weighted by Gasteiger charge is -2.06. The molecule has 0 aliphatic carbocycles. The Hall–Kier alpha value is -2.30. The van der Waals surface area contributed by atoms with E-state index in [1.165, 1.54) is 0 Å². The number of phenolic OH excluding ortho intramolecular Hbond substituents is 1. The largest absolute Gasteiger partial charge is 0.508 e. The molecule has 19 heavy (non-hydrogen) atoms. The van der Waals surface area contributed by atoms with Crippen LogP contribution in [0.2, 0.25) is 0 Å². The monoisotopic (exact) mass is 260 g/mol. The lowest BCUT2D eigenvalue weighted by Crippen LogP contribution is -2.13. The van der Waals surface area contributed by atoms with Crippen LogP contribution in [0.4, 0.5) is 0 Å². The maximum absolute atomic E-state index is 10.9. The molecule has 0 radical (unpaired) electrons. The van der Waals surface area contributed by atoms with Crippen molar-refractivity contribution in [3.05, 3.63) is 36.2 Å². The number of benzene rings is 1. The third-order valence-corrected chi connectivity index (χ3v) is 2.98. The number of carbonyl (C=O) groups is 1. The molecule has 0 spiro atoms. The van der Waals surface area contributed by atoms with Crippen molar-refractivity contribution >= 4 is 5.97 Å². The van der Waals surface area contributed by atoms with Crippen LogP contribution in [-0.2, 0) is 18.3 Å². The summed E-state index contributed by atoms with van der Waals surface area (Å²) in [5.41, 5.74) is 2.41. The fraction of sp³-hybridized carbons (Fsp3) is 0.286. The number of hydrogen-bond acceptors (Lipinski definition) is 3.